The lowest BCUT2D eigenvalue weighted by molar-refractivity contribution is -0.111. The third-order valence-electron chi connectivity index (χ3n) is 7.16. The van der Waals surface area contributed by atoms with Gasteiger partial charge in [-0.25, -0.2) is 9.97 Å². The van der Waals surface area contributed by atoms with Gasteiger partial charge < -0.3 is 29.9 Å². The highest BCUT2D eigenvalue weighted by molar-refractivity contribution is 7.20. The number of halogens is 2. The lowest BCUT2D eigenvalue weighted by Gasteiger charge is -2.35. The van der Waals surface area contributed by atoms with E-state index < -0.39 is 5.78 Å². The molecule has 0 radical (unpaired) electrons. The molecule has 1 fully saturated rings. The summed E-state index contributed by atoms with van der Waals surface area (Å²) in [5.41, 5.74) is 2.84. The van der Waals surface area contributed by atoms with Crippen LogP contribution >= 0.6 is 34.5 Å². The minimum absolute atomic E-state index is 0.0451. The lowest BCUT2D eigenvalue weighted by atomic mass is 10.1. The smallest absolute Gasteiger partial charge is 0.247 e. The van der Waals surface area contributed by atoms with Crippen LogP contribution in [0.2, 0.25) is 10.0 Å². The Kier molecular flexibility index (Phi) is 9.36. The Bertz CT molecular complexity index is 1680. The first-order valence-electron chi connectivity index (χ1n) is 13.5. The molecule has 0 saturated carbocycles. The fourth-order valence-electron chi connectivity index (χ4n) is 4.78. The normalized spacial score (nSPS) is 13.6. The number of nitrogens with one attached hydrogen (secondary N) is 2. The molecule has 0 unspecified atom stereocenters. The minimum atomic E-state index is -0.465. The highest BCUT2D eigenvalue weighted by Crippen LogP contribution is 2.42. The maximum atomic E-state index is 13.5. The Hall–Kier alpha value is -3.90. The number of ether oxygens (including phenoxy) is 2. The number of anilines is 4. The van der Waals surface area contributed by atoms with Crippen LogP contribution < -0.4 is 25.0 Å². The van der Waals surface area contributed by atoms with Gasteiger partial charge in [-0.05, 0) is 30.8 Å². The third-order valence-corrected chi connectivity index (χ3v) is 8.92. The number of likely N-dealkylation sites (N-methyl/N-ethyl adjacent to an activating group) is 1. The molecule has 1 aliphatic rings. The molecule has 13 heteroatoms. The van der Waals surface area contributed by atoms with Crippen molar-refractivity contribution in [3.05, 3.63) is 69.8 Å². The van der Waals surface area contributed by atoms with Crippen LogP contribution in [0.4, 0.5) is 22.9 Å². The van der Waals surface area contributed by atoms with Crippen LogP contribution in [-0.4, -0.2) is 73.5 Å². The van der Waals surface area contributed by atoms with E-state index in [4.69, 9.17) is 32.7 Å². The number of methoxy groups -OCH3 is 2. The molecule has 2 aromatic heterocycles. The number of ketones is 1. The van der Waals surface area contributed by atoms with Gasteiger partial charge in [-0.3, -0.25) is 9.59 Å². The number of fused-ring (bicyclic) bond motifs is 1. The van der Waals surface area contributed by atoms with Gasteiger partial charge in [0.25, 0.3) is 0 Å². The summed E-state index contributed by atoms with van der Waals surface area (Å²) in [6, 6.07) is 9.12. The van der Waals surface area contributed by atoms with Crippen LogP contribution in [0.1, 0.15) is 22.3 Å². The van der Waals surface area contributed by atoms with Gasteiger partial charge in [0, 0.05) is 50.2 Å². The summed E-state index contributed by atoms with van der Waals surface area (Å²) in [5.74, 6) is 0.207. The van der Waals surface area contributed by atoms with E-state index in [1.807, 2.05) is 18.2 Å². The number of hydrogen-bond donors (Lipinski definition) is 2. The lowest BCUT2D eigenvalue weighted by Crippen LogP contribution is -2.46. The van der Waals surface area contributed by atoms with Crippen LogP contribution in [0.3, 0.4) is 0 Å². The van der Waals surface area contributed by atoms with Crippen molar-refractivity contribution in [2.75, 3.05) is 62.5 Å². The van der Waals surface area contributed by atoms with Crippen LogP contribution in [0.5, 0.6) is 11.5 Å². The Morgan fingerprint density at radius 1 is 1.05 bits per heavy atom. The number of carbonyl (C=O) groups is 2. The standard InChI is InChI=1S/C30H30Cl2N6O4S/c1-5-25(39)35-19-13-17(38-11-9-37(6-2)10-12-38)7-8-18(19)34-24-14-20-23(16-33-24)43-30(36-20)29(40)26-27(31)21(41-3)15-22(42-4)28(26)32/h5,7-8,13-16H,1,6,9-12H2,2-4H3,(H,33,34)(H,35,39). The summed E-state index contributed by atoms with van der Waals surface area (Å²) >= 11 is 14.1. The van der Waals surface area contributed by atoms with Crippen molar-refractivity contribution < 1.29 is 19.1 Å². The summed E-state index contributed by atoms with van der Waals surface area (Å²) in [5, 5.41) is 6.50. The summed E-state index contributed by atoms with van der Waals surface area (Å²) in [6.07, 6.45) is 2.86. The molecule has 2 N–H and O–H groups in total. The quantitative estimate of drug-likeness (QED) is 0.153. The van der Waals surface area contributed by atoms with E-state index in [-0.39, 0.29) is 38.0 Å². The first-order chi connectivity index (χ1) is 20.8. The molecule has 5 rings (SSSR count). The van der Waals surface area contributed by atoms with Crippen molar-refractivity contribution in [3.8, 4) is 11.5 Å². The second-order valence-corrected chi connectivity index (χ2v) is 11.4. The number of nitrogens with zero attached hydrogens (tertiary/aromatic N) is 4. The van der Waals surface area contributed by atoms with Crippen LogP contribution in [0.15, 0.2) is 49.2 Å². The molecular formula is C30H30Cl2N6O4S. The zero-order valence-corrected chi connectivity index (χ0v) is 26.2. The van der Waals surface area contributed by atoms with Gasteiger partial charge in [0.15, 0.2) is 5.01 Å². The molecule has 1 aliphatic heterocycles. The van der Waals surface area contributed by atoms with Crippen molar-refractivity contribution in [1.82, 2.24) is 14.9 Å². The summed E-state index contributed by atoms with van der Waals surface area (Å²) in [7, 11) is 2.88. The van der Waals surface area contributed by atoms with Gasteiger partial charge in [0.1, 0.15) is 17.3 Å². The van der Waals surface area contributed by atoms with Crippen molar-refractivity contribution in [1.29, 1.82) is 0 Å². The van der Waals surface area contributed by atoms with Crippen molar-refractivity contribution in [2.24, 2.45) is 0 Å². The van der Waals surface area contributed by atoms with Gasteiger partial charge in [-0.1, -0.05) is 36.7 Å². The highest BCUT2D eigenvalue weighted by atomic mass is 35.5. The predicted octanol–water partition coefficient (Wildman–Crippen LogP) is 6.26. The van der Waals surface area contributed by atoms with Gasteiger partial charge in [0.05, 0.1) is 51.4 Å². The number of hydrogen-bond acceptors (Lipinski definition) is 10. The molecule has 43 heavy (non-hydrogen) atoms. The maximum Gasteiger partial charge on any atom is 0.247 e. The van der Waals surface area contributed by atoms with Gasteiger partial charge in [-0.15, -0.1) is 11.3 Å². The molecule has 0 spiro atoms. The van der Waals surface area contributed by atoms with Crippen LogP contribution in [-0.2, 0) is 4.79 Å². The Labute approximate surface area is 263 Å². The Balaban J connectivity index is 1.43. The second kappa shape index (κ2) is 13.2. The van der Waals surface area contributed by atoms with Crippen molar-refractivity contribution >= 4 is 79.3 Å². The third kappa shape index (κ3) is 6.40. The molecule has 4 aromatic rings. The fourth-order valence-corrected chi connectivity index (χ4v) is 6.31. The minimum Gasteiger partial charge on any atom is -0.495 e. The topological polar surface area (TPSA) is 109 Å². The first-order valence-corrected chi connectivity index (χ1v) is 15.1. The number of piperazine rings is 1. The number of thiazole rings is 1. The molecule has 3 heterocycles. The molecule has 0 aliphatic carbocycles. The van der Waals surface area contributed by atoms with E-state index in [0.29, 0.717) is 27.4 Å². The molecule has 1 saturated heterocycles. The van der Waals surface area contributed by atoms with E-state index in [0.717, 1.165) is 38.4 Å². The molecule has 0 atom stereocenters. The maximum absolute atomic E-state index is 13.5. The van der Waals surface area contributed by atoms with Gasteiger partial charge in [0.2, 0.25) is 11.7 Å². The van der Waals surface area contributed by atoms with Crippen LogP contribution in [0, 0.1) is 0 Å². The zero-order chi connectivity index (χ0) is 30.7. The summed E-state index contributed by atoms with van der Waals surface area (Å²) < 4.78 is 11.3. The number of amides is 1. The van der Waals surface area contributed by atoms with E-state index >= 15 is 0 Å². The van der Waals surface area contributed by atoms with Gasteiger partial charge >= 0.3 is 0 Å². The molecule has 2 aromatic carbocycles. The molecule has 0 bridgehead atoms. The highest BCUT2D eigenvalue weighted by Gasteiger charge is 2.26. The molecule has 224 valence electrons. The monoisotopic (exact) mass is 640 g/mol. The molecular weight excluding hydrogens is 611 g/mol. The number of carbonyl (C=O) groups excluding carboxylic acids is 2. The Morgan fingerprint density at radius 3 is 2.37 bits per heavy atom. The Morgan fingerprint density at radius 2 is 1.74 bits per heavy atom. The van der Waals surface area contributed by atoms with E-state index in [9.17, 15) is 9.59 Å². The average molecular weight is 642 g/mol. The molecule has 10 nitrogen and oxygen atoms in total. The van der Waals surface area contributed by atoms with Crippen LogP contribution in [0.25, 0.3) is 10.2 Å². The summed E-state index contributed by atoms with van der Waals surface area (Å²) in [4.78, 5) is 39.6. The number of benzene rings is 2. The average Bonchev–Trinajstić information content (AvgIpc) is 3.45. The van der Waals surface area contributed by atoms with Crippen molar-refractivity contribution in [2.45, 2.75) is 6.92 Å². The van der Waals surface area contributed by atoms with Crippen molar-refractivity contribution in [3.63, 3.8) is 0 Å². The molecule has 1 amide bonds. The predicted molar refractivity (Wildman–Crippen MR) is 173 cm³/mol. The van der Waals surface area contributed by atoms with E-state index in [2.05, 4.69) is 43.9 Å². The zero-order valence-electron chi connectivity index (χ0n) is 23.9. The van der Waals surface area contributed by atoms with E-state index in [1.54, 1.807) is 12.3 Å². The summed E-state index contributed by atoms with van der Waals surface area (Å²) in [6.45, 7) is 10.5. The van der Waals surface area contributed by atoms with Gasteiger partial charge in [-0.2, -0.15) is 0 Å². The number of aromatic nitrogens is 2. The first kappa shape index (κ1) is 30.6. The van der Waals surface area contributed by atoms with E-state index in [1.165, 1.54) is 37.7 Å². The second-order valence-electron chi connectivity index (χ2n) is 9.64. The SMILES string of the molecule is C=CC(=O)Nc1cc(N2CCN(CC)CC2)ccc1Nc1cc2nc(C(=O)c3c(Cl)c(OC)cc(OC)c3Cl)sc2cn1. The fraction of sp³-hybridized carbons (Fsp3) is 0.267. The largest absolute Gasteiger partial charge is 0.495 e. The number of rotatable bonds is 10. The number of pyridine rings is 1.